The number of methoxy groups -OCH3 is 1. The van der Waals surface area contributed by atoms with Crippen molar-refractivity contribution in [2.45, 2.75) is 45.1 Å². The maximum absolute atomic E-state index is 11.8. The van der Waals surface area contributed by atoms with Crippen LogP contribution in [-0.2, 0) is 22.4 Å². The van der Waals surface area contributed by atoms with E-state index in [0.717, 1.165) is 48.2 Å². The summed E-state index contributed by atoms with van der Waals surface area (Å²) in [7, 11) is 1.45. The Morgan fingerprint density at radius 2 is 2.41 bits per heavy atom. The van der Waals surface area contributed by atoms with E-state index in [0.29, 0.717) is 0 Å². The van der Waals surface area contributed by atoms with Gasteiger partial charge in [-0.1, -0.05) is 6.92 Å². The second kappa shape index (κ2) is 5.21. The third-order valence-corrected chi connectivity index (χ3v) is 3.82. The lowest BCUT2D eigenvalue weighted by Crippen LogP contribution is -2.27. The lowest BCUT2D eigenvalue weighted by molar-refractivity contribution is -0.145. The highest BCUT2D eigenvalue weighted by molar-refractivity contribution is 9.10. The smallest absolute Gasteiger partial charge is 0.328 e. The van der Waals surface area contributed by atoms with Gasteiger partial charge < -0.3 is 9.30 Å². The molecular weight excluding hydrogens is 284 g/mol. The third-order valence-electron chi connectivity index (χ3n) is 3.18. The average Bonchev–Trinajstić information content (AvgIpc) is 2.66. The van der Waals surface area contributed by atoms with Crippen LogP contribution in [0.4, 0.5) is 0 Å². The van der Waals surface area contributed by atoms with Gasteiger partial charge in [-0.05, 0) is 41.6 Å². The fourth-order valence-electron chi connectivity index (χ4n) is 2.43. The minimum atomic E-state index is -0.191. The van der Waals surface area contributed by atoms with Gasteiger partial charge >= 0.3 is 5.97 Å². The van der Waals surface area contributed by atoms with Crippen LogP contribution in [0, 0.1) is 0 Å². The average molecular weight is 301 g/mol. The number of esters is 1. The molecule has 0 saturated carbocycles. The van der Waals surface area contributed by atoms with Gasteiger partial charge in [0, 0.05) is 6.42 Å². The van der Waals surface area contributed by atoms with Crippen molar-refractivity contribution in [3.05, 3.63) is 16.1 Å². The van der Waals surface area contributed by atoms with E-state index in [1.807, 2.05) is 0 Å². The van der Waals surface area contributed by atoms with Crippen molar-refractivity contribution in [3.8, 4) is 0 Å². The van der Waals surface area contributed by atoms with Crippen LogP contribution in [0.2, 0.25) is 0 Å². The third kappa shape index (κ3) is 2.25. The number of carbonyl (C=O) groups is 1. The molecule has 0 radical (unpaired) electrons. The fourth-order valence-corrected chi connectivity index (χ4v) is 3.02. The lowest BCUT2D eigenvalue weighted by atomic mass is 10.0. The van der Waals surface area contributed by atoms with Crippen LogP contribution in [0.5, 0.6) is 0 Å². The zero-order valence-corrected chi connectivity index (χ0v) is 11.8. The number of hydrogen-bond donors (Lipinski definition) is 0. The van der Waals surface area contributed by atoms with Crippen molar-refractivity contribution in [2.75, 3.05) is 7.11 Å². The highest BCUT2D eigenvalue weighted by Gasteiger charge is 2.30. The molecule has 1 aromatic heterocycles. The Morgan fingerprint density at radius 1 is 1.65 bits per heavy atom. The van der Waals surface area contributed by atoms with E-state index >= 15 is 0 Å². The molecule has 94 valence electrons. The molecule has 1 atom stereocenters. The molecule has 0 amide bonds. The summed E-state index contributed by atoms with van der Waals surface area (Å²) >= 11 is 3.49. The molecule has 0 bridgehead atoms. The molecule has 2 rings (SSSR count). The molecule has 1 aliphatic rings. The van der Waals surface area contributed by atoms with Crippen LogP contribution in [0.1, 0.15) is 43.7 Å². The molecule has 0 aliphatic carbocycles. The normalized spacial score (nSPS) is 18.9. The fraction of sp³-hybridized carbons (Fsp3) is 0.667. The number of halogens is 1. The van der Waals surface area contributed by atoms with Crippen molar-refractivity contribution in [2.24, 2.45) is 0 Å². The van der Waals surface area contributed by atoms with E-state index in [-0.39, 0.29) is 12.0 Å². The number of hydrogen-bond acceptors (Lipinski definition) is 3. The standard InChI is InChI=1S/C12H17BrN2O2/c1-3-5-10-14-11(13)8-6-4-7-9(15(8)10)12(16)17-2/h9H,3-7H2,1-2H3. The lowest BCUT2D eigenvalue weighted by Gasteiger charge is -2.25. The summed E-state index contributed by atoms with van der Waals surface area (Å²) in [5.74, 6) is 0.831. The largest absolute Gasteiger partial charge is 0.467 e. The summed E-state index contributed by atoms with van der Waals surface area (Å²) < 4.78 is 7.84. The number of fused-ring (bicyclic) bond motifs is 1. The van der Waals surface area contributed by atoms with Gasteiger partial charge in [-0.15, -0.1) is 0 Å². The topological polar surface area (TPSA) is 44.1 Å². The summed E-state index contributed by atoms with van der Waals surface area (Å²) in [6.07, 6.45) is 4.75. The Hall–Kier alpha value is -0.840. The number of ether oxygens (including phenoxy) is 1. The van der Waals surface area contributed by atoms with Crippen molar-refractivity contribution >= 4 is 21.9 Å². The number of aryl methyl sites for hydroxylation is 1. The molecule has 1 unspecified atom stereocenters. The highest BCUT2D eigenvalue weighted by atomic mass is 79.9. The molecular formula is C12H17BrN2O2. The maximum Gasteiger partial charge on any atom is 0.328 e. The SMILES string of the molecule is CCCc1nc(Br)c2n1C(C(=O)OC)CCC2. The van der Waals surface area contributed by atoms with Crippen LogP contribution < -0.4 is 0 Å². The quantitative estimate of drug-likeness (QED) is 0.806. The van der Waals surface area contributed by atoms with E-state index in [2.05, 4.69) is 32.4 Å². The van der Waals surface area contributed by atoms with Crippen LogP contribution in [0.3, 0.4) is 0 Å². The van der Waals surface area contributed by atoms with Gasteiger partial charge in [0.2, 0.25) is 0 Å². The second-order valence-corrected chi connectivity index (χ2v) is 5.07. The molecule has 5 heteroatoms. The molecule has 2 heterocycles. The Bertz CT molecular complexity index is 428. The van der Waals surface area contributed by atoms with Crippen LogP contribution >= 0.6 is 15.9 Å². The first-order valence-corrected chi connectivity index (χ1v) is 6.81. The summed E-state index contributed by atoms with van der Waals surface area (Å²) in [5.41, 5.74) is 1.13. The predicted octanol–water partition coefficient (Wildman–Crippen LogP) is 2.65. The first-order valence-electron chi connectivity index (χ1n) is 6.02. The molecule has 0 spiro atoms. The van der Waals surface area contributed by atoms with Gasteiger partial charge in [0.1, 0.15) is 16.5 Å². The zero-order valence-electron chi connectivity index (χ0n) is 10.2. The Labute approximate surface area is 109 Å². The molecule has 0 N–H and O–H groups in total. The number of aromatic nitrogens is 2. The minimum absolute atomic E-state index is 0.159. The van der Waals surface area contributed by atoms with Crippen LogP contribution in [0.15, 0.2) is 4.60 Å². The van der Waals surface area contributed by atoms with E-state index < -0.39 is 0 Å². The van der Waals surface area contributed by atoms with Gasteiger partial charge in [-0.3, -0.25) is 0 Å². The molecule has 17 heavy (non-hydrogen) atoms. The number of imidazole rings is 1. The van der Waals surface area contributed by atoms with E-state index in [1.165, 1.54) is 7.11 Å². The van der Waals surface area contributed by atoms with Crippen LogP contribution in [0.25, 0.3) is 0 Å². The molecule has 1 aliphatic heterocycles. The monoisotopic (exact) mass is 300 g/mol. The molecule has 4 nitrogen and oxygen atoms in total. The first-order chi connectivity index (χ1) is 8.19. The van der Waals surface area contributed by atoms with Crippen molar-refractivity contribution in [3.63, 3.8) is 0 Å². The molecule has 1 aromatic rings. The van der Waals surface area contributed by atoms with Crippen molar-refractivity contribution in [1.29, 1.82) is 0 Å². The molecule has 0 saturated heterocycles. The number of carbonyl (C=O) groups excluding carboxylic acids is 1. The van der Waals surface area contributed by atoms with E-state index in [4.69, 9.17) is 4.74 Å². The van der Waals surface area contributed by atoms with Crippen LogP contribution in [-0.4, -0.2) is 22.6 Å². The Morgan fingerprint density at radius 3 is 3.06 bits per heavy atom. The van der Waals surface area contributed by atoms with E-state index in [9.17, 15) is 4.79 Å². The number of nitrogens with zero attached hydrogens (tertiary/aromatic N) is 2. The van der Waals surface area contributed by atoms with Crippen molar-refractivity contribution < 1.29 is 9.53 Å². The van der Waals surface area contributed by atoms with Gasteiger partial charge in [-0.25, -0.2) is 9.78 Å². The summed E-state index contributed by atoms with van der Waals surface area (Å²) in [5, 5.41) is 0. The summed E-state index contributed by atoms with van der Waals surface area (Å²) in [4.78, 5) is 16.3. The van der Waals surface area contributed by atoms with E-state index in [1.54, 1.807) is 0 Å². The first kappa shape index (κ1) is 12.6. The van der Waals surface area contributed by atoms with Gasteiger partial charge in [0.25, 0.3) is 0 Å². The summed E-state index contributed by atoms with van der Waals surface area (Å²) in [6.45, 7) is 2.12. The van der Waals surface area contributed by atoms with Gasteiger partial charge in [0.05, 0.1) is 12.8 Å². The number of rotatable bonds is 3. The summed E-state index contributed by atoms with van der Waals surface area (Å²) in [6, 6.07) is -0.191. The Balaban J connectivity index is 2.43. The minimum Gasteiger partial charge on any atom is -0.467 e. The maximum atomic E-state index is 11.8. The second-order valence-electron chi connectivity index (χ2n) is 4.32. The van der Waals surface area contributed by atoms with Crippen molar-refractivity contribution in [1.82, 2.24) is 9.55 Å². The van der Waals surface area contributed by atoms with Gasteiger partial charge in [-0.2, -0.15) is 0 Å². The zero-order chi connectivity index (χ0) is 12.4. The predicted molar refractivity (Wildman–Crippen MR) is 67.9 cm³/mol. The molecule has 0 fully saturated rings. The molecule has 0 aromatic carbocycles. The Kier molecular flexibility index (Phi) is 3.86. The van der Waals surface area contributed by atoms with Gasteiger partial charge in [0.15, 0.2) is 0 Å². The highest BCUT2D eigenvalue weighted by Crippen LogP contribution is 2.32.